The van der Waals surface area contributed by atoms with Crippen LogP contribution in [0.1, 0.15) is 4.88 Å². The van der Waals surface area contributed by atoms with E-state index in [1.807, 2.05) is 30.3 Å². The molecule has 1 aromatic carbocycles. The van der Waals surface area contributed by atoms with Crippen molar-refractivity contribution < 1.29 is 9.90 Å². The monoisotopic (exact) mass is 264 g/mol. The number of thioether (sulfide) groups is 1. The number of thiazole rings is 1. The summed E-state index contributed by atoms with van der Waals surface area (Å²) in [6, 6.07) is 9.60. The second-order valence-corrected chi connectivity index (χ2v) is 5.35. The van der Waals surface area contributed by atoms with Crippen LogP contribution in [0.25, 0.3) is 11.3 Å². The molecule has 0 amide bonds. The van der Waals surface area contributed by atoms with Crippen molar-refractivity contribution in [2.24, 2.45) is 0 Å². The third kappa shape index (κ3) is 2.87. The number of carbonyl (C=O) groups is 1. The van der Waals surface area contributed by atoms with E-state index in [9.17, 15) is 4.79 Å². The molecule has 1 aromatic heterocycles. The molecule has 17 heavy (non-hydrogen) atoms. The van der Waals surface area contributed by atoms with Gasteiger partial charge in [0.25, 0.3) is 0 Å². The molecule has 1 heterocycles. The Balaban J connectivity index is 2.44. The quantitative estimate of drug-likeness (QED) is 0.861. The molecule has 2 rings (SSSR count). The minimum absolute atomic E-state index is 0.00243. The minimum Gasteiger partial charge on any atom is -0.481 e. The highest BCUT2D eigenvalue weighted by atomic mass is 32.2. The van der Waals surface area contributed by atoms with Gasteiger partial charge in [-0.25, -0.2) is 4.98 Å². The Labute approximate surface area is 108 Å². The summed E-state index contributed by atoms with van der Waals surface area (Å²) in [5.41, 5.74) is 1.70. The molecule has 87 valence electrons. The first-order valence-electron chi connectivity index (χ1n) is 4.89. The van der Waals surface area contributed by atoms with Gasteiger partial charge < -0.3 is 5.11 Å². The first-order valence-corrected chi connectivity index (χ1v) is 6.70. The van der Waals surface area contributed by atoms with Gasteiger partial charge in [0.1, 0.15) is 0 Å². The molecule has 0 aliphatic rings. The number of nitrogens with zero attached hydrogens (tertiary/aromatic N) is 1. The number of carboxylic acids is 1. The Kier molecular flexibility index (Phi) is 3.81. The summed E-state index contributed by atoms with van der Waals surface area (Å²) in [4.78, 5) is 16.0. The summed E-state index contributed by atoms with van der Waals surface area (Å²) in [6.07, 6.45) is 3.70. The Bertz CT molecular complexity index is 523. The number of hydrogen-bond donors (Lipinski definition) is 1. The van der Waals surface area contributed by atoms with Crippen LogP contribution >= 0.6 is 23.1 Å². The van der Waals surface area contributed by atoms with Crippen LogP contribution in [0, 0.1) is 6.26 Å². The third-order valence-corrected chi connectivity index (χ3v) is 3.95. The summed E-state index contributed by atoms with van der Waals surface area (Å²) >= 11 is 2.68. The van der Waals surface area contributed by atoms with Crippen LogP contribution in [0.2, 0.25) is 0 Å². The molecule has 0 saturated heterocycles. The van der Waals surface area contributed by atoms with Crippen molar-refractivity contribution in [2.75, 3.05) is 0 Å². The van der Waals surface area contributed by atoms with Gasteiger partial charge in [-0.2, -0.15) is 0 Å². The highest BCUT2D eigenvalue weighted by molar-refractivity contribution is 8.02. The lowest BCUT2D eigenvalue weighted by Gasteiger charge is -1.99. The Morgan fingerprint density at radius 1 is 1.41 bits per heavy atom. The lowest BCUT2D eigenvalue weighted by atomic mass is 10.1. The van der Waals surface area contributed by atoms with Crippen LogP contribution in [-0.4, -0.2) is 16.1 Å². The van der Waals surface area contributed by atoms with Gasteiger partial charge in [0.05, 0.1) is 12.1 Å². The molecule has 0 aliphatic heterocycles. The summed E-state index contributed by atoms with van der Waals surface area (Å²) < 4.78 is 0.792. The van der Waals surface area contributed by atoms with Gasteiger partial charge in [0.2, 0.25) is 0 Å². The number of aliphatic carboxylic acids is 1. The van der Waals surface area contributed by atoms with E-state index in [4.69, 9.17) is 5.11 Å². The van der Waals surface area contributed by atoms with E-state index in [-0.39, 0.29) is 6.42 Å². The molecule has 0 aliphatic carbocycles. The van der Waals surface area contributed by atoms with Gasteiger partial charge >= 0.3 is 5.97 Å². The van der Waals surface area contributed by atoms with Crippen molar-refractivity contribution in [3.63, 3.8) is 0 Å². The predicted octanol–water partition coefficient (Wildman–Crippen LogP) is 3.32. The van der Waals surface area contributed by atoms with Crippen molar-refractivity contribution in [1.29, 1.82) is 0 Å². The number of aromatic nitrogens is 1. The third-order valence-electron chi connectivity index (χ3n) is 2.16. The Hall–Kier alpha value is -1.33. The van der Waals surface area contributed by atoms with Crippen molar-refractivity contribution in [3.05, 3.63) is 41.5 Å². The zero-order valence-corrected chi connectivity index (χ0v) is 10.6. The second kappa shape index (κ2) is 5.33. The molecule has 0 atom stereocenters. The van der Waals surface area contributed by atoms with E-state index in [2.05, 4.69) is 11.2 Å². The van der Waals surface area contributed by atoms with Crippen LogP contribution in [-0.2, 0) is 11.2 Å². The number of hydrogen-bond acceptors (Lipinski definition) is 4. The van der Waals surface area contributed by atoms with Crippen molar-refractivity contribution in [2.45, 2.75) is 10.8 Å². The standard InChI is InChI=1S/C12H10NO2S2/c1-16-12-13-11(8-5-3-2-4-6-8)9(17-12)7-10(14)15/h2-6H,1,7H2,(H,14,15). The molecule has 1 radical (unpaired) electrons. The maximum atomic E-state index is 10.8. The van der Waals surface area contributed by atoms with Crippen LogP contribution in [0.4, 0.5) is 0 Å². The molecule has 0 fully saturated rings. The topological polar surface area (TPSA) is 50.2 Å². The van der Waals surface area contributed by atoms with Gasteiger partial charge in [-0.1, -0.05) is 42.1 Å². The van der Waals surface area contributed by atoms with Gasteiger partial charge in [0, 0.05) is 16.7 Å². The fraction of sp³-hybridized carbons (Fsp3) is 0.0833. The van der Waals surface area contributed by atoms with E-state index in [1.54, 1.807) is 0 Å². The van der Waals surface area contributed by atoms with E-state index >= 15 is 0 Å². The van der Waals surface area contributed by atoms with Gasteiger partial charge in [-0.05, 0) is 0 Å². The summed E-state index contributed by atoms with van der Waals surface area (Å²) in [6.45, 7) is 0. The molecular weight excluding hydrogens is 254 g/mol. The van der Waals surface area contributed by atoms with Crippen LogP contribution < -0.4 is 0 Å². The average molecular weight is 264 g/mol. The zero-order valence-electron chi connectivity index (χ0n) is 8.92. The first-order chi connectivity index (χ1) is 8.20. The Morgan fingerprint density at radius 2 is 2.12 bits per heavy atom. The molecule has 5 heteroatoms. The molecule has 3 nitrogen and oxygen atoms in total. The molecule has 0 saturated carbocycles. The Morgan fingerprint density at radius 3 is 2.71 bits per heavy atom. The van der Waals surface area contributed by atoms with Gasteiger partial charge in [-0.3, -0.25) is 4.79 Å². The minimum atomic E-state index is -0.841. The number of rotatable bonds is 4. The smallest absolute Gasteiger partial charge is 0.308 e. The number of benzene rings is 1. The lowest BCUT2D eigenvalue weighted by Crippen LogP contribution is -1.99. The zero-order chi connectivity index (χ0) is 12.3. The lowest BCUT2D eigenvalue weighted by molar-refractivity contribution is -0.136. The van der Waals surface area contributed by atoms with Crippen LogP contribution in [0.3, 0.4) is 0 Å². The van der Waals surface area contributed by atoms with E-state index < -0.39 is 5.97 Å². The van der Waals surface area contributed by atoms with Gasteiger partial charge in [0.15, 0.2) is 4.34 Å². The van der Waals surface area contributed by atoms with Crippen LogP contribution in [0.15, 0.2) is 34.7 Å². The van der Waals surface area contributed by atoms with Gasteiger partial charge in [-0.15, -0.1) is 11.3 Å². The second-order valence-electron chi connectivity index (χ2n) is 3.33. The summed E-state index contributed by atoms with van der Waals surface area (Å²) in [7, 11) is 0. The molecule has 0 spiro atoms. The normalized spacial score (nSPS) is 10.4. The van der Waals surface area contributed by atoms with E-state index in [0.717, 1.165) is 20.5 Å². The number of carboxylic acid groups (broad SMARTS) is 1. The fourth-order valence-electron chi connectivity index (χ4n) is 1.47. The van der Waals surface area contributed by atoms with Crippen LogP contribution in [0.5, 0.6) is 0 Å². The van der Waals surface area contributed by atoms with Crippen molar-refractivity contribution in [3.8, 4) is 11.3 Å². The molecule has 1 N–H and O–H groups in total. The molecular formula is C12H10NO2S2. The maximum absolute atomic E-state index is 10.8. The largest absolute Gasteiger partial charge is 0.481 e. The van der Waals surface area contributed by atoms with E-state index in [0.29, 0.717) is 0 Å². The van der Waals surface area contributed by atoms with Crippen molar-refractivity contribution in [1.82, 2.24) is 4.98 Å². The highest BCUT2D eigenvalue weighted by Crippen LogP contribution is 2.33. The highest BCUT2D eigenvalue weighted by Gasteiger charge is 2.14. The average Bonchev–Trinajstić information content (AvgIpc) is 2.72. The van der Waals surface area contributed by atoms with E-state index in [1.165, 1.54) is 23.1 Å². The molecule has 0 bridgehead atoms. The SMILES string of the molecule is [CH2]Sc1nc(-c2ccccc2)c(CC(=O)O)s1. The first kappa shape index (κ1) is 12.1. The predicted molar refractivity (Wildman–Crippen MR) is 70.1 cm³/mol. The summed E-state index contributed by atoms with van der Waals surface area (Å²) in [5, 5.41) is 8.88. The fourth-order valence-corrected chi connectivity index (χ4v) is 2.97. The molecule has 2 aromatic rings. The molecule has 0 unspecified atom stereocenters. The maximum Gasteiger partial charge on any atom is 0.308 e. The summed E-state index contributed by atoms with van der Waals surface area (Å²) in [5.74, 6) is -0.841. The van der Waals surface area contributed by atoms with Crippen molar-refractivity contribution >= 4 is 29.1 Å².